The Balaban J connectivity index is 2.42. The molecule has 0 atom stereocenters. The Kier molecular flexibility index (Phi) is 4.57. The smallest absolute Gasteiger partial charge is 0.308 e. The van der Waals surface area contributed by atoms with Crippen LogP contribution in [0.3, 0.4) is 0 Å². The maximum atomic E-state index is 11.1. The quantitative estimate of drug-likeness (QED) is 0.603. The zero-order chi connectivity index (χ0) is 14.5. The lowest BCUT2D eigenvalue weighted by molar-refractivity contribution is -0.131. The van der Waals surface area contributed by atoms with Gasteiger partial charge in [0.2, 0.25) is 0 Å². The van der Waals surface area contributed by atoms with Crippen molar-refractivity contribution in [3.05, 3.63) is 54.1 Å². The van der Waals surface area contributed by atoms with Gasteiger partial charge in [-0.3, -0.25) is 4.79 Å². The summed E-state index contributed by atoms with van der Waals surface area (Å²) in [5.41, 5.74) is 3.61. The first-order valence-corrected chi connectivity index (χ1v) is 6.93. The van der Waals surface area contributed by atoms with Crippen molar-refractivity contribution in [3.63, 3.8) is 0 Å². The van der Waals surface area contributed by atoms with E-state index in [9.17, 15) is 4.79 Å². The molecular weight excluding hydrogens is 248 g/mol. The first-order chi connectivity index (χ1) is 9.56. The van der Waals surface area contributed by atoms with Crippen LogP contribution in [0.2, 0.25) is 0 Å². The molecule has 0 unspecified atom stereocenters. The third-order valence-corrected chi connectivity index (χ3v) is 3.05. The molecule has 0 saturated carbocycles. The van der Waals surface area contributed by atoms with Gasteiger partial charge >= 0.3 is 5.97 Å². The Morgan fingerprint density at radius 3 is 2.40 bits per heavy atom. The minimum Gasteiger partial charge on any atom is -0.427 e. The van der Waals surface area contributed by atoms with Crippen LogP contribution in [0.15, 0.2) is 48.5 Å². The van der Waals surface area contributed by atoms with Crippen LogP contribution in [0.5, 0.6) is 5.75 Å². The average molecular weight is 268 g/mol. The second-order valence-electron chi connectivity index (χ2n) is 5.38. The fraction of sp³-hybridized carbons (Fsp3) is 0.278. The van der Waals surface area contributed by atoms with Crippen molar-refractivity contribution in [1.29, 1.82) is 0 Å². The Morgan fingerprint density at radius 2 is 1.80 bits per heavy atom. The highest BCUT2D eigenvalue weighted by atomic mass is 16.5. The molecule has 0 fully saturated rings. The van der Waals surface area contributed by atoms with Gasteiger partial charge in [0.15, 0.2) is 0 Å². The van der Waals surface area contributed by atoms with Gasteiger partial charge in [-0.2, -0.15) is 0 Å². The second-order valence-corrected chi connectivity index (χ2v) is 5.38. The lowest BCUT2D eigenvalue weighted by Crippen LogP contribution is -2.03. The molecule has 0 saturated heterocycles. The summed E-state index contributed by atoms with van der Waals surface area (Å²) >= 11 is 0. The van der Waals surface area contributed by atoms with Crippen molar-refractivity contribution in [3.8, 4) is 16.9 Å². The van der Waals surface area contributed by atoms with Gasteiger partial charge in [0.05, 0.1) is 0 Å². The maximum Gasteiger partial charge on any atom is 0.308 e. The molecule has 0 aromatic heterocycles. The van der Waals surface area contributed by atoms with Crippen LogP contribution >= 0.6 is 0 Å². The molecule has 0 spiro atoms. The molecule has 2 heteroatoms. The summed E-state index contributed by atoms with van der Waals surface area (Å²) in [4.78, 5) is 11.1. The first-order valence-electron chi connectivity index (χ1n) is 6.93. The molecule has 0 aliphatic carbocycles. The molecule has 104 valence electrons. The number of rotatable bonds is 4. The summed E-state index contributed by atoms with van der Waals surface area (Å²) in [6.45, 7) is 5.80. The van der Waals surface area contributed by atoms with Crippen molar-refractivity contribution in [2.45, 2.75) is 27.2 Å². The van der Waals surface area contributed by atoms with E-state index in [0.29, 0.717) is 11.7 Å². The number of ether oxygens (including phenoxy) is 1. The molecule has 0 amide bonds. The average Bonchev–Trinajstić information content (AvgIpc) is 2.38. The second kappa shape index (κ2) is 6.38. The Morgan fingerprint density at radius 1 is 1.10 bits per heavy atom. The number of carbonyl (C=O) groups excluding carboxylic acids is 1. The fourth-order valence-electron chi connectivity index (χ4n) is 2.31. The number of hydrogen-bond donors (Lipinski definition) is 0. The minimum absolute atomic E-state index is 0.284. The van der Waals surface area contributed by atoms with E-state index in [1.165, 1.54) is 23.6 Å². The zero-order valence-corrected chi connectivity index (χ0v) is 12.2. The van der Waals surface area contributed by atoms with Gasteiger partial charge in [-0.05, 0) is 41.2 Å². The highest BCUT2D eigenvalue weighted by Crippen LogP contribution is 2.29. The van der Waals surface area contributed by atoms with E-state index < -0.39 is 0 Å². The molecule has 2 aromatic carbocycles. The SMILES string of the molecule is CC(=O)Oc1ccc(-c2ccccc2)c(CC(C)C)c1. The number of esters is 1. The van der Waals surface area contributed by atoms with E-state index in [0.717, 1.165) is 6.42 Å². The molecule has 0 radical (unpaired) electrons. The van der Waals surface area contributed by atoms with Gasteiger partial charge in [0.25, 0.3) is 0 Å². The van der Waals surface area contributed by atoms with Gasteiger partial charge in [-0.1, -0.05) is 50.2 Å². The third kappa shape index (κ3) is 3.70. The van der Waals surface area contributed by atoms with Crippen LogP contribution in [-0.4, -0.2) is 5.97 Å². The summed E-state index contributed by atoms with van der Waals surface area (Å²) in [5, 5.41) is 0. The lowest BCUT2D eigenvalue weighted by Gasteiger charge is -2.13. The number of benzene rings is 2. The van der Waals surface area contributed by atoms with E-state index in [1.54, 1.807) is 0 Å². The van der Waals surface area contributed by atoms with E-state index in [-0.39, 0.29) is 5.97 Å². The van der Waals surface area contributed by atoms with Gasteiger partial charge < -0.3 is 4.74 Å². The summed E-state index contributed by atoms with van der Waals surface area (Å²) in [7, 11) is 0. The van der Waals surface area contributed by atoms with Gasteiger partial charge in [0, 0.05) is 6.92 Å². The molecule has 0 N–H and O–H groups in total. The summed E-state index contributed by atoms with van der Waals surface area (Å²) in [5.74, 6) is 0.880. The molecule has 0 aliphatic heterocycles. The van der Waals surface area contributed by atoms with Crippen LogP contribution in [-0.2, 0) is 11.2 Å². The van der Waals surface area contributed by atoms with Crippen LogP contribution in [0.4, 0.5) is 0 Å². The maximum absolute atomic E-state index is 11.1. The van der Waals surface area contributed by atoms with E-state index in [1.807, 2.05) is 36.4 Å². The summed E-state index contributed by atoms with van der Waals surface area (Å²) < 4.78 is 5.19. The first kappa shape index (κ1) is 14.3. The van der Waals surface area contributed by atoms with Crippen molar-refractivity contribution >= 4 is 5.97 Å². The Bertz CT molecular complexity index is 586. The summed E-state index contributed by atoms with van der Waals surface area (Å²) in [6.07, 6.45) is 0.958. The van der Waals surface area contributed by atoms with Gasteiger partial charge in [0.1, 0.15) is 5.75 Å². The van der Waals surface area contributed by atoms with Gasteiger partial charge in [-0.25, -0.2) is 0 Å². The zero-order valence-electron chi connectivity index (χ0n) is 12.2. The Hall–Kier alpha value is -2.09. The molecule has 2 rings (SSSR count). The topological polar surface area (TPSA) is 26.3 Å². The largest absolute Gasteiger partial charge is 0.427 e. The minimum atomic E-state index is -0.284. The van der Waals surface area contributed by atoms with Crippen molar-refractivity contribution in [1.82, 2.24) is 0 Å². The molecule has 20 heavy (non-hydrogen) atoms. The van der Waals surface area contributed by atoms with Crippen LogP contribution < -0.4 is 4.74 Å². The molecule has 0 heterocycles. The standard InChI is InChI=1S/C18H20O2/c1-13(2)11-16-12-17(20-14(3)19)9-10-18(16)15-7-5-4-6-8-15/h4-10,12-13H,11H2,1-3H3. The van der Waals surface area contributed by atoms with E-state index in [2.05, 4.69) is 26.0 Å². The lowest BCUT2D eigenvalue weighted by atomic mass is 9.93. The molecular formula is C18H20O2. The predicted octanol–water partition coefficient (Wildman–Crippen LogP) is 4.48. The molecule has 0 bridgehead atoms. The predicted molar refractivity (Wildman–Crippen MR) is 81.7 cm³/mol. The summed E-state index contributed by atoms with van der Waals surface area (Å²) in [6, 6.07) is 16.2. The van der Waals surface area contributed by atoms with Crippen LogP contribution in [0.25, 0.3) is 11.1 Å². The van der Waals surface area contributed by atoms with Crippen LogP contribution in [0.1, 0.15) is 26.3 Å². The van der Waals surface area contributed by atoms with Crippen molar-refractivity contribution in [2.75, 3.05) is 0 Å². The van der Waals surface area contributed by atoms with E-state index in [4.69, 9.17) is 4.74 Å². The normalized spacial score (nSPS) is 10.6. The molecule has 2 nitrogen and oxygen atoms in total. The fourth-order valence-corrected chi connectivity index (χ4v) is 2.31. The van der Waals surface area contributed by atoms with Crippen molar-refractivity contribution < 1.29 is 9.53 Å². The highest BCUT2D eigenvalue weighted by molar-refractivity contribution is 5.72. The number of hydrogen-bond acceptors (Lipinski definition) is 2. The molecule has 0 aliphatic rings. The van der Waals surface area contributed by atoms with Crippen molar-refractivity contribution in [2.24, 2.45) is 5.92 Å². The Labute approximate surface area is 120 Å². The van der Waals surface area contributed by atoms with Gasteiger partial charge in [-0.15, -0.1) is 0 Å². The van der Waals surface area contributed by atoms with Crippen LogP contribution in [0, 0.1) is 5.92 Å². The highest BCUT2D eigenvalue weighted by Gasteiger charge is 2.09. The number of carbonyl (C=O) groups is 1. The molecule has 2 aromatic rings. The monoisotopic (exact) mass is 268 g/mol. The third-order valence-electron chi connectivity index (χ3n) is 3.05. The van der Waals surface area contributed by atoms with E-state index >= 15 is 0 Å².